The SMILES string of the molecule is O=C(NCC(=O)N1CCCCC1)NC1CCCC1C(=O)O. The van der Waals surface area contributed by atoms with E-state index in [9.17, 15) is 14.4 Å². The predicted molar refractivity (Wildman–Crippen MR) is 75.7 cm³/mol. The Kier molecular flexibility index (Phi) is 5.41. The molecule has 0 aromatic rings. The van der Waals surface area contributed by atoms with Gasteiger partial charge in [0.25, 0.3) is 0 Å². The number of amides is 3. The lowest BCUT2D eigenvalue weighted by atomic mass is 10.0. The van der Waals surface area contributed by atoms with Gasteiger partial charge in [0.2, 0.25) is 5.91 Å². The number of nitrogens with zero attached hydrogens (tertiary/aromatic N) is 1. The quantitative estimate of drug-likeness (QED) is 0.705. The predicted octanol–water partition coefficient (Wildman–Crippen LogP) is 0.551. The number of rotatable bonds is 4. The van der Waals surface area contributed by atoms with Gasteiger partial charge in [-0.25, -0.2) is 4.79 Å². The third kappa shape index (κ3) is 4.34. The lowest BCUT2D eigenvalue weighted by Crippen LogP contribution is -2.49. The van der Waals surface area contributed by atoms with Crippen molar-refractivity contribution in [2.75, 3.05) is 19.6 Å². The Morgan fingerprint density at radius 2 is 1.76 bits per heavy atom. The maximum atomic E-state index is 11.9. The first-order valence-electron chi connectivity index (χ1n) is 7.63. The van der Waals surface area contributed by atoms with Crippen LogP contribution in [0.3, 0.4) is 0 Å². The summed E-state index contributed by atoms with van der Waals surface area (Å²) in [7, 11) is 0. The zero-order chi connectivity index (χ0) is 15.2. The van der Waals surface area contributed by atoms with E-state index in [1.165, 1.54) is 0 Å². The average Bonchev–Trinajstić information content (AvgIpc) is 2.94. The van der Waals surface area contributed by atoms with Crippen LogP contribution in [-0.2, 0) is 9.59 Å². The number of carbonyl (C=O) groups excluding carboxylic acids is 2. The maximum absolute atomic E-state index is 11.9. The lowest BCUT2D eigenvalue weighted by molar-refractivity contribution is -0.142. The Hall–Kier alpha value is -1.79. The van der Waals surface area contributed by atoms with E-state index in [-0.39, 0.29) is 18.5 Å². The molecule has 2 fully saturated rings. The summed E-state index contributed by atoms with van der Waals surface area (Å²) < 4.78 is 0. The van der Waals surface area contributed by atoms with E-state index in [0.717, 1.165) is 38.8 Å². The molecule has 3 N–H and O–H groups in total. The van der Waals surface area contributed by atoms with Crippen molar-refractivity contribution in [3.8, 4) is 0 Å². The minimum Gasteiger partial charge on any atom is -0.481 e. The van der Waals surface area contributed by atoms with E-state index in [2.05, 4.69) is 10.6 Å². The summed E-state index contributed by atoms with van der Waals surface area (Å²) in [5.41, 5.74) is 0. The number of carboxylic acids is 1. The van der Waals surface area contributed by atoms with Gasteiger partial charge < -0.3 is 20.6 Å². The standard InChI is InChI=1S/C14H23N3O4/c18-12(17-7-2-1-3-8-17)9-15-14(21)16-11-6-4-5-10(11)13(19)20/h10-11H,1-9H2,(H,19,20)(H2,15,16,21). The van der Waals surface area contributed by atoms with Crippen molar-refractivity contribution < 1.29 is 19.5 Å². The number of carboxylic acid groups (broad SMARTS) is 1. The molecule has 0 spiro atoms. The van der Waals surface area contributed by atoms with Crippen LogP contribution in [0, 0.1) is 5.92 Å². The smallest absolute Gasteiger partial charge is 0.315 e. The van der Waals surface area contributed by atoms with E-state index in [0.29, 0.717) is 12.8 Å². The molecule has 1 saturated heterocycles. The van der Waals surface area contributed by atoms with E-state index in [1.807, 2.05) is 0 Å². The van der Waals surface area contributed by atoms with Crippen LogP contribution in [0.4, 0.5) is 4.79 Å². The molecule has 2 atom stereocenters. The first-order valence-corrected chi connectivity index (χ1v) is 7.63. The summed E-state index contributed by atoms with van der Waals surface area (Å²) in [4.78, 5) is 36.5. The van der Waals surface area contributed by atoms with E-state index in [1.54, 1.807) is 4.90 Å². The molecule has 1 aliphatic carbocycles. The van der Waals surface area contributed by atoms with Gasteiger partial charge in [0.1, 0.15) is 0 Å². The Bertz CT molecular complexity index is 407. The number of piperidine rings is 1. The van der Waals surface area contributed by atoms with Crippen LogP contribution in [0.15, 0.2) is 0 Å². The van der Waals surface area contributed by atoms with Gasteiger partial charge in [-0.1, -0.05) is 6.42 Å². The van der Waals surface area contributed by atoms with Crippen LogP contribution in [0.25, 0.3) is 0 Å². The maximum Gasteiger partial charge on any atom is 0.315 e. The molecule has 2 unspecified atom stereocenters. The van der Waals surface area contributed by atoms with Gasteiger partial charge in [-0.15, -0.1) is 0 Å². The minimum absolute atomic E-state index is 0.0315. The number of nitrogens with one attached hydrogen (secondary N) is 2. The Morgan fingerprint density at radius 3 is 2.43 bits per heavy atom. The number of carbonyl (C=O) groups is 3. The van der Waals surface area contributed by atoms with Gasteiger partial charge in [-0.2, -0.15) is 0 Å². The summed E-state index contributed by atoms with van der Waals surface area (Å²) in [5.74, 6) is -1.47. The van der Waals surface area contributed by atoms with Crippen LogP contribution in [0.1, 0.15) is 38.5 Å². The first-order chi connectivity index (χ1) is 10.1. The fraction of sp³-hybridized carbons (Fsp3) is 0.786. The highest BCUT2D eigenvalue weighted by Gasteiger charge is 2.33. The summed E-state index contributed by atoms with van der Waals surface area (Å²) in [6, 6.07) is -0.800. The molecule has 3 amide bonds. The summed E-state index contributed by atoms with van der Waals surface area (Å²) >= 11 is 0. The van der Waals surface area contributed by atoms with Crippen molar-refractivity contribution in [2.45, 2.75) is 44.6 Å². The molecule has 0 aromatic carbocycles. The summed E-state index contributed by atoms with van der Waals surface area (Å²) in [6.45, 7) is 1.48. The van der Waals surface area contributed by atoms with Gasteiger partial charge in [-0.3, -0.25) is 9.59 Å². The molecule has 2 rings (SSSR count). The molecule has 0 radical (unpaired) electrons. The van der Waals surface area contributed by atoms with Crippen LogP contribution in [0.5, 0.6) is 0 Å². The monoisotopic (exact) mass is 297 g/mol. The first kappa shape index (κ1) is 15.6. The van der Waals surface area contributed by atoms with Gasteiger partial charge in [-0.05, 0) is 32.1 Å². The van der Waals surface area contributed by atoms with Crippen molar-refractivity contribution >= 4 is 17.9 Å². The van der Waals surface area contributed by atoms with Crippen LogP contribution < -0.4 is 10.6 Å². The lowest BCUT2D eigenvalue weighted by Gasteiger charge is -2.27. The molecule has 1 aliphatic heterocycles. The van der Waals surface area contributed by atoms with Crippen molar-refractivity contribution in [1.82, 2.24) is 15.5 Å². The van der Waals surface area contributed by atoms with Crippen LogP contribution in [0.2, 0.25) is 0 Å². The molecule has 7 heteroatoms. The normalized spacial score (nSPS) is 25.4. The Morgan fingerprint density at radius 1 is 1.05 bits per heavy atom. The minimum atomic E-state index is -0.873. The molecule has 0 bridgehead atoms. The molecule has 1 saturated carbocycles. The Balaban J connectivity index is 1.71. The zero-order valence-corrected chi connectivity index (χ0v) is 12.1. The number of hydrogen-bond donors (Lipinski definition) is 3. The highest BCUT2D eigenvalue weighted by atomic mass is 16.4. The molecular formula is C14H23N3O4. The number of hydrogen-bond acceptors (Lipinski definition) is 3. The van der Waals surface area contributed by atoms with Crippen molar-refractivity contribution in [3.63, 3.8) is 0 Å². The second kappa shape index (κ2) is 7.28. The van der Waals surface area contributed by atoms with E-state index < -0.39 is 17.9 Å². The second-order valence-electron chi connectivity index (χ2n) is 5.75. The van der Waals surface area contributed by atoms with E-state index >= 15 is 0 Å². The van der Waals surface area contributed by atoms with Crippen molar-refractivity contribution in [2.24, 2.45) is 5.92 Å². The third-order valence-electron chi connectivity index (χ3n) is 4.26. The molecule has 21 heavy (non-hydrogen) atoms. The number of aliphatic carboxylic acids is 1. The van der Waals surface area contributed by atoms with E-state index in [4.69, 9.17) is 5.11 Å². The largest absolute Gasteiger partial charge is 0.481 e. The highest BCUT2D eigenvalue weighted by molar-refractivity contribution is 5.84. The molecule has 7 nitrogen and oxygen atoms in total. The molecule has 1 heterocycles. The number of urea groups is 1. The van der Waals surface area contributed by atoms with Gasteiger partial charge >= 0.3 is 12.0 Å². The average molecular weight is 297 g/mol. The summed E-state index contributed by atoms with van der Waals surface area (Å²) in [6.07, 6.45) is 5.24. The van der Waals surface area contributed by atoms with Crippen LogP contribution >= 0.6 is 0 Å². The van der Waals surface area contributed by atoms with Gasteiger partial charge in [0.15, 0.2) is 0 Å². The van der Waals surface area contributed by atoms with Gasteiger partial charge in [0.05, 0.1) is 12.5 Å². The summed E-state index contributed by atoms with van der Waals surface area (Å²) in [5, 5.41) is 14.3. The van der Waals surface area contributed by atoms with Crippen molar-refractivity contribution in [3.05, 3.63) is 0 Å². The van der Waals surface area contributed by atoms with Gasteiger partial charge in [0, 0.05) is 19.1 Å². The molecule has 2 aliphatic rings. The number of likely N-dealkylation sites (tertiary alicyclic amines) is 1. The van der Waals surface area contributed by atoms with Crippen LogP contribution in [-0.4, -0.2) is 53.6 Å². The third-order valence-corrected chi connectivity index (χ3v) is 4.26. The van der Waals surface area contributed by atoms with Crippen molar-refractivity contribution in [1.29, 1.82) is 0 Å². The second-order valence-corrected chi connectivity index (χ2v) is 5.75. The topological polar surface area (TPSA) is 98.7 Å². The Labute approximate surface area is 124 Å². The fourth-order valence-corrected chi connectivity index (χ4v) is 3.06. The fourth-order valence-electron chi connectivity index (χ4n) is 3.06. The molecular weight excluding hydrogens is 274 g/mol. The molecule has 118 valence electrons. The highest BCUT2D eigenvalue weighted by Crippen LogP contribution is 2.25. The molecule has 0 aromatic heterocycles. The zero-order valence-electron chi connectivity index (χ0n) is 12.1.